The lowest BCUT2D eigenvalue weighted by Crippen LogP contribution is -2.46. The Labute approximate surface area is 228 Å². The Morgan fingerprint density at radius 3 is 2.29 bits per heavy atom. The third-order valence-electron chi connectivity index (χ3n) is 8.12. The van der Waals surface area contributed by atoms with E-state index in [1.165, 1.54) is 12.4 Å². The number of carbonyl (C=O) groups is 1. The van der Waals surface area contributed by atoms with Crippen molar-refractivity contribution < 1.29 is 23.1 Å². The summed E-state index contributed by atoms with van der Waals surface area (Å²) in [5, 5.41) is -0.0615. The molecule has 212 valence electrons. The normalized spacial score (nSPS) is 22.4. The highest BCUT2D eigenvalue weighted by atomic mass is 28.4. The Balaban J connectivity index is 2.13. The molecule has 3 rings (SSSR count). The molecule has 0 bridgehead atoms. The molecule has 10 nitrogen and oxygen atoms in total. The van der Waals surface area contributed by atoms with Crippen LogP contribution in [0, 0.1) is 0 Å². The molecule has 1 saturated heterocycles. The van der Waals surface area contributed by atoms with Gasteiger partial charge in [0, 0.05) is 6.08 Å². The van der Waals surface area contributed by atoms with E-state index in [2.05, 4.69) is 82.7 Å². The Bertz CT molecular complexity index is 1180. The van der Waals surface area contributed by atoms with Crippen molar-refractivity contribution in [3.63, 3.8) is 0 Å². The molecule has 2 aromatic rings. The lowest BCUT2D eigenvalue weighted by atomic mass is 10.1. The first kappa shape index (κ1) is 30.4. The third kappa shape index (κ3) is 6.19. The van der Waals surface area contributed by atoms with Crippen LogP contribution in [-0.2, 0) is 23.1 Å². The van der Waals surface area contributed by atoms with Crippen molar-refractivity contribution in [2.45, 2.75) is 103 Å². The molecule has 0 saturated carbocycles. The number of fused-ring (bicyclic) bond motifs is 1. The van der Waals surface area contributed by atoms with Gasteiger partial charge in [-0.1, -0.05) is 41.5 Å². The van der Waals surface area contributed by atoms with Gasteiger partial charge >= 0.3 is 5.97 Å². The maximum atomic E-state index is 12.8. The molecule has 3 heterocycles. The summed E-state index contributed by atoms with van der Waals surface area (Å²) in [5.41, 5.74) is 7.79. The van der Waals surface area contributed by atoms with Gasteiger partial charge in [-0.05, 0) is 48.8 Å². The van der Waals surface area contributed by atoms with Gasteiger partial charge in [-0.15, -0.1) is 0 Å². The van der Waals surface area contributed by atoms with Gasteiger partial charge in [0.15, 0.2) is 34.3 Å². The molecule has 0 spiro atoms. The van der Waals surface area contributed by atoms with Gasteiger partial charge < -0.3 is 24.1 Å². The van der Waals surface area contributed by atoms with E-state index < -0.39 is 41.0 Å². The van der Waals surface area contributed by atoms with Crippen molar-refractivity contribution in [3.05, 3.63) is 24.3 Å². The summed E-state index contributed by atoms with van der Waals surface area (Å²) in [5.74, 6) is -0.149. The number of nitrogen functional groups attached to an aromatic ring is 1. The van der Waals surface area contributed by atoms with Crippen LogP contribution in [0.1, 0.15) is 54.7 Å². The zero-order valence-electron chi connectivity index (χ0n) is 24.8. The topological polar surface area (TPSA) is 124 Å². The minimum absolute atomic E-state index is 0.0159. The van der Waals surface area contributed by atoms with Crippen molar-refractivity contribution in [3.8, 4) is 0 Å². The average Bonchev–Trinajstić information content (AvgIpc) is 3.33. The number of rotatable bonds is 8. The average molecular weight is 564 g/mol. The van der Waals surface area contributed by atoms with Gasteiger partial charge in [0.05, 0.1) is 19.5 Å². The van der Waals surface area contributed by atoms with Crippen LogP contribution >= 0.6 is 0 Å². The van der Waals surface area contributed by atoms with E-state index >= 15 is 0 Å². The van der Waals surface area contributed by atoms with Crippen LogP contribution < -0.4 is 5.73 Å². The molecule has 1 aliphatic heterocycles. The number of nitrogens with zero attached hydrogens (tertiary/aromatic N) is 4. The number of ether oxygens (including phenoxy) is 2. The number of imidazole rings is 1. The molecule has 38 heavy (non-hydrogen) atoms. The minimum atomic E-state index is -2.33. The summed E-state index contributed by atoms with van der Waals surface area (Å²) in [6.45, 7) is 24.2. The van der Waals surface area contributed by atoms with Crippen LogP contribution in [0.5, 0.6) is 0 Å². The largest absolute Gasteiger partial charge is 0.463 e. The van der Waals surface area contributed by atoms with Crippen molar-refractivity contribution in [1.29, 1.82) is 0 Å². The van der Waals surface area contributed by atoms with E-state index in [0.29, 0.717) is 23.3 Å². The molecule has 2 N–H and O–H groups in total. The van der Waals surface area contributed by atoms with Gasteiger partial charge in [-0.3, -0.25) is 4.57 Å². The van der Waals surface area contributed by atoms with Crippen LogP contribution in [0.15, 0.2) is 24.3 Å². The molecule has 0 amide bonds. The van der Waals surface area contributed by atoms with Gasteiger partial charge in [0.1, 0.15) is 24.1 Å². The zero-order valence-corrected chi connectivity index (χ0v) is 26.8. The second kappa shape index (κ2) is 10.8. The summed E-state index contributed by atoms with van der Waals surface area (Å²) < 4.78 is 27.3. The van der Waals surface area contributed by atoms with E-state index in [1.54, 1.807) is 13.3 Å². The standard InChI is InChI=1S/C26H45N5O5Si2/c1-12-33-19(32)13-17-18(14-34-37(8,9)25(2,3)4)35-24(21(17)36-38(10,11)26(5,6)7)31-16-30-20-22(27)28-15-29-23(20)31/h13,15-16,18,21,24H,12,14H2,1-11H3,(H2,27,28,29)/b17-13-/t18-,21-,24-/m1/s1. The number of aromatic nitrogens is 4. The lowest BCUT2D eigenvalue weighted by Gasteiger charge is -2.39. The number of esters is 1. The first-order valence-electron chi connectivity index (χ1n) is 13.2. The number of anilines is 1. The first-order valence-corrected chi connectivity index (χ1v) is 19.0. The van der Waals surface area contributed by atoms with Gasteiger partial charge in [-0.25, -0.2) is 19.7 Å². The molecular weight excluding hydrogens is 518 g/mol. The Kier molecular flexibility index (Phi) is 8.64. The Hall–Kier alpha value is -2.13. The molecule has 0 aromatic carbocycles. The van der Waals surface area contributed by atoms with Crippen LogP contribution in [0.3, 0.4) is 0 Å². The SMILES string of the molecule is CCOC(=O)/C=C1\[C@@H](O[Si](C)(C)C(C)(C)C)[C@H](n2cnc3c(N)ncnc32)O[C@@H]1CO[Si](C)(C)C(C)(C)C. The summed E-state index contributed by atoms with van der Waals surface area (Å²) in [4.78, 5) is 25.7. The Morgan fingerprint density at radius 1 is 1.08 bits per heavy atom. The highest BCUT2D eigenvalue weighted by molar-refractivity contribution is 6.74. The molecule has 2 aromatic heterocycles. The quantitative estimate of drug-likeness (QED) is 0.262. The molecule has 1 aliphatic rings. The monoisotopic (exact) mass is 563 g/mol. The summed E-state index contributed by atoms with van der Waals surface area (Å²) in [6, 6.07) is 0. The third-order valence-corrected chi connectivity index (χ3v) is 17.1. The molecule has 1 fully saturated rings. The van der Waals surface area contributed by atoms with Crippen LogP contribution in [0.4, 0.5) is 5.82 Å². The van der Waals surface area contributed by atoms with Crippen LogP contribution in [0.25, 0.3) is 11.2 Å². The van der Waals surface area contributed by atoms with Gasteiger partial charge in [0.25, 0.3) is 0 Å². The fourth-order valence-electron chi connectivity index (χ4n) is 3.69. The zero-order chi connectivity index (χ0) is 28.7. The number of hydrogen-bond acceptors (Lipinski definition) is 9. The summed E-state index contributed by atoms with van der Waals surface area (Å²) in [6.07, 6.45) is 2.82. The highest BCUT2D eigenvalue weighted by Crippen LogP contribution is 2.45. The van der Waals surface area contributed by atoms with Gasteiger partial charge in [0.2, 0.25) is 0 Å². The number of hydrogen-bond donors (Lipinski definition) is 1. The lowest BCUT2D eigenvalue weighted by molar-refractivity contribution is -0.137. The first-order chi connectivity index (χ1) is 17.4. The fraction of sp³-hybridized carbons (Fsp3) is 0.692. The molecule has 0 radical (unpaired) electrons. The van der Waals surface area contributed by atoms with Crippen LogP contribution in [0.2, 0.25) is 36.3 Å². The number of carbonyl (C=O) groups excluding carboxylic acids is 1. The molecule has 12 heteroatoms. The van der Waals surface area contributed by atoms with Crippen LogP contribution in [-0.4, -0.2) is 67.5 Å². The summed E-state index contributed by atoms with van der Waals surface area (Å²) in [7, 11) is -4.44. The number of nitrogens with two attached hydrogens (primary N) is 1. The Morgan fingerprint density at radius 2 is 1.71 bits per heavy atom. The maximum Gasteiger partial charge on any atom is 0.330 e. The maximum absolute atomic E-state index is 12.8. The second-order valence-electron chi connectivity index (χ2n) is 12.9. The van der Waals surface area contributed by atoms with E-state index in [1.807, 2.05) is 4.57 Å². The van der Waals surface area contributed by atoms with Crippen molar-refractivity contribution in [1.82, 2.24) is 19.5 Å². The van der Waals surface area contributed by atoms with E-state index in [9.17, 15) is 4.79 Å². The highest BCUT2D eigenvalue weighted by Gasteiger charge is 2.49. The van der Waals surface area contributed by atoms with E-state index in [-0.39, 0.29) is 22.5 Å². The predicted octanol–water partition coefficient (Wildman–Crippen LogP) is 5.21. The van der Waals surface area contributed by atoms with Crippen molar-refractivity contribution in [2.24, 2.45) is 0 Å². The molecule has 0 unspecified atom stereocenters. The fourth-order valence-corrected chi connectivity index (χ4v) is 5.93. The minimum Gasteiger partial charge on any atom is -0.463 e. The molecule has 0 aliphatic carbocycles. The molecule has 3 atom stereocenters. The smallest absolute Gasteiger partial charge is 0.330 e. The summed E-state index contributed by atoms with van der Waals surface area (Å²) >= 11 is 0. The predicted molar refractivity (Wildman–Crippen MR) is 154 cm³/mol. The van der Waals surface area contributed by atoms with Gasteiger partial charge in [-0.2, -0.15) is 0 Å². The van der Waals surface area contributed by atoms with Crippen molar-refractivity contribution in [2.75, 3.05) is 18.9 Å². The molecular formula is C26H45N5O5Si2. The van der Waals surface area contributed by atoms with Crippen molar-refractivity contribution >= 4 is 39.6 Å². The second-order valence-corrected chi connectivity index (χ2v) is 22.4. The van der Waals surface area contributed by atoms with E-state index in [4.69, 9.17) is 24.1 Å². The van der Waals surface area contributed by atoms with E-state index in [0.717, 1.165) is 0 Å².